The fourth-order valence-corrected chi connectivity index (χ4v) is 2.73. The molecule has 0 atom stereocenters. The molecule has 0 fully saturated rings. The third kappa shape index (κ3) is 3.04. The predicted octanol–water partition coefficient (Wildman–Crippen LogP) is 1.77. The Kier molecular flexibility index (Phi) is 4.39. The van der Waals surface area contributed by atoms with Crippen LogP contribution in [0.25, 0.3) is 0 Å². The highest BCUT2D eigenvalue weighted by Crippen LogP contribution is 2.33. The number of carbonyl (C=O) groups is 1. The molecule has 1 aromatic carbocycles. The second-order valence-electron chi connectivity index (χ2n) is 5.63. The Morgan fingerprint density at radius 2 is 2.20 bits per heavy atom. The van der Waals surface area contributed by atoms with E-state index in [-0.39, 0.29) is 5.91 Å². The molecule has 2 aromatic rings. The number of rotatable bonds is 4. The van der Waals surface area contributed by atoms with Gasteiger partial charge >= 0.3 is 0 Å². The number of anilines is 3. The molecule has 0 bridgehead atoms. The minimum absolute atomic E-state index is 0.0156. The van der Waals surface area contributed by atoms with Crippen LogP contribution in [0.3, 0.4) is 0 Å². The molecule has 0 saturated heterocycles. The first kappa shape index (κ1) is 16.5. The molecular formula is C17H18N6O2. The molecule has 1 aliphatic heterocycles. The van der Waals surface area contributed by atoms with Crippen LogP contribution in [-0.2, 0) is 6.42 Å². The smallest absolute Gasteiger partial charge is 0.254 e. The van der Waals surface area contributed by atoms with E-state index in [9.17, 15) is 4.79 Å². The van der Waals surface area contributed by atoms with E-state index in [1.165, 1.54) is 6.20 Å². The van der Waals surface area contributed by atoms with Crippen LogP contribution in [0.2, 0.25) is 0 Å². The second-order valence-corrected chi connectivity index (χ2v) is 5.63. The van der Waals surface area contributed by atoms with Crippen molar-refractivity contribution in [2.75, 3.05) is 38.4 Å². The Hall–Kier alpha value is -3.34. The van der Waals surface area contributed by atoms with Crippen LogP contribution in [0.4, 0.5) is 17.5 Å². The van der Waals surface area contributed by atoms with E-state index < -0.39 is 0 Å². The number of nitriles is 1. The highest BCUT2D eigenvalue weighted by atomic mass is 16.5. The molecule has 8 heteroatoms. The lowest BCUT2D eigenvalue weighted by atomic mass is 9.98. The molecule has 0 saturated carbocycles. The monoisotopic (exact) mass is 338 g/mol. The van der Waals surface area contributed by atoms with Gasteiger partial charge in [0.2, 0.25) is 5.95 Å². The summed E-state index contributed by atoms with van der Waals surface area (Å²) in [4.78, 5) is 22.4. The third-order valence-electron chi connectivity index (χ3n) is 4.11. The van der Waals surface area contributed by atoms with Gasteiger partial charge in [-0.2, -0.15) is 10.2 Å². The van der Waals surface area contributed by atoms with Crippen molar-refractivity contribution in [1.29, 1.82) is 5.26 Å². The summed E-state index contributed by atoms with van der Waals surface area (Å²) in [5, 5.41) is 15.0. The second kappa shape index (κ2) is 6.65. The Balaban J connectivity index is 1.98. The van der Waals surface area contributed by atoms with E-state index in [1.54, 1.807) is 32.2 Å². The van der Waals surface area contributed by atoms with E-state index in [4.69, 9.17) is 10.00 Å². The number of hydrogen-bond donors (Lipinski definition) is 2. The summed E-state index contributed by atoms with van der Waals surface area (Å²) in [6, 6.07) is 5.65. The minimum atomic E-state index is -0.0156. The van der Waals surface area contributed by atoms with Gasteiger partial charge in [0.1, 0.15) is 23.2 Å². The summed E-state index contributed by atoms with van der Waals surface area (Å²) < 4.78 is 5.41. The Morgan fingerprint density at radius 1 is 1.40 bits per heavy atom. The largest absolute Gasteiger partial charge is 0.495 e. The first-order chi connectivity index (χ1) is 12.1. The Morgan fingerprint density at radius 3 is 2.88 bits per heavy atom. The first-order valence-corrected chi connectivity index (χ1v) is 7.75. The summed E-state index contributed by atoms with van der Waals surface area (Å²) >= 11 is 0. The fraction of sp³-hybridized carbons (Fsp3) is 0.294. The number of nitrogens with zero attached hydrogens (tertiary/aromatic N) is 4. The summed E-state index contributed by atoms with van der Waals surface area (Å²) in [5.74, 6) is 1.29. The molecule has 128 valence electrons. The zero-order chi connectivity index (χ0) is 18.0. The van der Waals surface area contributed by atoms with Crippen molar-refractivity contribution < 1.29 is 9.53 Å². The van der Waals surface area contributed by atoms with Gasteiger partial charge in [-0.25, -0.2) is 4.98 Å². The number of aromatic nitrogens is 2. The molecule has 2 heterocycles. The van der Waals surface area contributed by atoms with E-state index in [0.29, 0.717) is 40.9 Å². The van der Waals surface area contributed by atoms with E-state index in [0.717, 1.165) is 12.0 Å². The number of ether oxygens (including phenoxy) is 1. The van der Waals surface area contributed by atoms with Gasteiger partial charge in [-0.3, -0.25) is 4.79 Å². The number of amides is 1. The van der Waals surface area contributed by atoms with Gasteiger partial charge in [-0.15, -0.1) is 0 Å². The van der Waals surface area contributed by atoms with Crippen LogP contribution in [0, 0.1) is 11.3 Å². The molecule has 2 N–H and O–H groups in total. The molecule has 0 spiro atoms. The molecule has 1 aromatic heterocycles. The molecule has 0 aliphatic carbocycles. The van der Waals surface area contributed by atoms with Crippen molar-refractivity contribution >= 4 is 23.4 Å². The van der Waals surface area contributed by atoms with E-state index in [2.05, 4.69) is 20.6 Å². The van der Waals surface area contributed by atoms with Gasteiger partial charge in [0, 0.05) is 26.2 Å². The number of hydrogen-bond acceptors (Lipinski definition) is 7. The maximum Gasteiger partial charge on any atom is 0.254 e. The molecule has 0 radical (unpaired) electrons. The molecule has 8 nitrogen and oxygen atoms in total. The normalized spacial score (nSPS) is 13.0. The Bertz CT molecular complexity index is 874. The summed E-state index contributed by atoms with van der Waals surface area (Å²) in [7, 11) is 5.02. The van der Waals surface area contributed by atoms with Crippen molar-refractivity contribution in [2.24, 2.45) is 0 Å². The highest BCUT2D eigenvalue weighted by molar-refractivity contribution is 5.98. The van der Waals surface area contributed by atoms with Gasteiger partial charge < -0.3 is 20.3 Å². The van der Waals surface area contributed by atoms with Crippen LogP contribution in [-0.4, -0.2) is 48.5 Å². The first-order valence-electron chi connectivity index (χ1n) is 7.75. The van der Waals surface area contributed by atoms with E-state index >= 15 is 0 Å². The molecule has 1 amide bonds. The molecule has 0 unspecified atom stereocenters. The number of likely N-dealkylation sites (N-methyl/N-ethyl adjacent to an activating group) is 1. The van der Waals surface area contributed by atoms with Gasteiger partial charge in [-0.1, -0.05) is 0 Å². The predicted molar refractivity (Wildman–Crippen MR) is 93.2 cm³/mol. The maximum atomic E-state index is 12.3. The van der Waals surface area contributed by atoms with Crippen LogP contribution in [0.15, 0.2) is 18.3 Å². The van der Waals surface area contributed by atoms with Gasteiger partial charge in [0.25, 0.3) is 5.91 Å². The van der Waals surface area contributed by atoms with Crippen LogP contribution < -0.4 is 15.4 Å². The fourth-order valence-electron chi connectivity index (χ4n) is 2.73. The number of carbonyl (C=O) groups excluding carboxylic acids is 1. The van der Waals surface area contributed by atoms with Crippen LogP contribution >= 0.6 is 0 Å². The summed E-state index contributed by atoms with van der Waals surface area (Å²) in [6.45, 7) is 0.675. The zero-order valence-electron chi connectivity index (χ0n) is 14.3. The lowest BCUT2D eigenvalue weighted by Gasteiger charge is -2.26. The van der Waals surface area contributed by atoms with Gasteiger partial charge in [0.15, 0.2) is 0 Å². The summed E-state index contributed by atoms with van der Waals surface area (Å²) in [6.07, 6.45) is 2.22. The average molecular weight is 338 g/mol. The third-order valence-corrected chi connectivity index (χ3v) is 4.11. The highest BCUT2D eigenvalue weighted by Gasteiger charge is 2.24. The number of nitrogens with one attached hydrogen (secondary N) is 2. The van der Waals surface area contributed by atoms with Gasteiger partial charge in [0.05, 0.1) is 19.0 Å². The number of benzene rings is 1. The SMILES string of the molecule is CNc1nc(Nc2cc3c(cc2OC)C(=O)N(C)CC3)ncc1C#N. The van der Waals surface area contributed by atoms with E-state index in [1.807, 2.05) is 12.1 Å². The van der Waals surface area contributed by atoms with Crippen LogP contribution in [0.1, 0.15) is 21.5 Å². The quantitative estimate of drug-likeness (QED) is 0.875. The van der Waals surface area contributed by atoms with Crippen molar-refractivity contribution in [3.63, 3.8) is 0 Å². The maximum absolute atomic E-state index is 12.3. The topological polar surface area (TPSA) is 103 Å². The average Bonchev–Trinajstić information content (AvgIpc) is 2.64. The molecule has 1 aliphatic rings. The van der Waals surface area contributed by atoms with Crippen molar-refractivity contribution in [3.8, 4) is 11.8 Å². The number of methoxy groups -OCH3 is 1. The van der Waals surface area contributed by atoms with Gasteiger partial charge in [-0.05, 0) is 24.1 Å². The van der Waals surface area contributed by atoms with Crippen molar-refractivity contribution in [1.82, 2.24) is 14.9 Å². The van der Waals surface area contributed by atoms with Crippen LogP contribution in [0.5, 0.6) is 5.75 Å². The molecule has 25 heavy (non-hydrogen) atoms. The number of fused-ring (bicyclic) bond motifs is 1. The van der Waals surface area contributed by atoms with Crippen molar-refractivity contribution in [3.05, 3.63) is 35.0 Å². The summed E-state index contributed by atoms with van der Waals surface area (Å²) in [5.41, 5.74) is 2.63. The Labute approximate surface area is 145 Å². The minimum Gasteiger partial charge on any atom is -0.495 e. The zero-order valence-corrected chi connectivity index (χ0v) is 14.3. The lowest BCUT2D eigenvalue weighted by molar-refractivity contribution is 0.0780. The standard InChI is InChI=1S/C17H18N6O2/c1-19-15-11(8-18)9-20-17(22-15)21-13-6-10-4-5-23(2)16(24)12(10)7-14(13)25-3/h6-7,9H,4-5H2,1-3H3,(H2,19,20,21,22). The van der Waals surface area contributed by atoms with Crippen molar-refractivity contribution in [2.45, 2.75) is 6.42 Å². The lowest BCUT2D eigenvalue weighted by Crippen LogP contribution is -2.34. The molecule has 3 rings (SSSR count). The molecular weight excluding hydrogens is 320 g/mol.